The summed E-state index contributed by atoms with van der Waals surface area (Å²) in [5.41, 5.74) is 0.723. The molecule has 25 heavy (non-hydrogen) atoms. The first-order valence-electron chi connectivity index (χ1n) is 7.61. The molecule has 0 aliphatic rings. The van der Waals surface area contributed by atoms with Crippen LogP contribution < -0.4 is 4.74 Å². The zero-order chi connectivity index (χ0) is 18.7. The van der Waals surface area contributed by atoms with Gasteiger partial charge in [0.1, 0.15) is 11.4 Å². The summed E-state index contributed by atoms with van der Waals surface area (Å²) in [5, 5.41) is 9.71. The first-order chi connectivity index (χ1) is 11.8. The van der Waals surface area contributed by atoms with Crippen molar-refractivity contribution in [3.8, 4) is 5.88 Å². The van der Waals surface area contributed by atoms with Gasteiger partial charge < -0.3 is 19.5 Å². The van der Waals surface area contributed by atoms with Gasteiger partial charge in [-0.2, -0.15) is 4.98 Å². The van der Waals surface area contributed by atoms with Crippen LogP contribution in [-0.4, -0.2) is 59.7 Å². The summed E-state index contributed by atoms with van der Waals surface area (Å²) in [5.74, 6) is -0.967. The van der Waals surface area contributed by atoms with Gasteiger partial charge in [-0.15, -0.1) is 11.3 Å². The molecule has 136 valence electrons. The third-order valence-corrected chi connectivity index (χ3v) is 4.95. The summed E-state index contributed by atoms with van der Waals surface area (Å²) in [6.45, 7) is 3.74. The Morgan fingerprint density at radius 1 is 1.32 bits per heavy atom. The maximum atomic E-state index is 12.7. The molecule has 0 bridgehead atoms. The van der Waals surface area contributed by atoms with Crippen LogP contribution in [-0.2, 0) is 16.1 Å². The SMILES string of the molecule is COCc1nc(OC)c2c(C)c(C(=O)N(C)CC(C)C(=O)O)sc2n1. The number of amides is 1. The van der Waals surface area contributed by atoms with Crippen LogP contribution >= 0.6 is 11.3 Å². The van der Waals surface area contributed by atoms with E-state index < -0.39 is 11.9 Å². The molecule has 0 spiro atoms. The maximum absolute atomic E-state index is 12.7. The molecule has 8 nitrogen and oxygen atoms in total. The zero-order valence-corrected chi connectivity index (χ0v) is 15.6. The molecule has 2 heterocycles. The highest BCUT2D eigenvalue weighted by molar-refractivity contribution is 7.20. The van der Waals surface area contributed by atoms with E-state index >= 15 is 0 Å². The van der Waals surface area contributed by atoms with Gasteiger partial charge in [0, 0.05) is 20.7 Å². The summed E-state index contributed by atoms with van der Waals surface area (Å²) >= 11 is 1.24. The third-order valence-electron chi connectivity index (χ3n) is 3.78. The quantitative estimate of drug-likeness (QED) is 0.798. The Morgan fingerprint density at radius 2 is 2.00 bits per heavy atom. The Labute approximate surface area is 149 Å². The lowest BCUT2D eigenvalue weighted by atomic mass is 10.1. The number of carbonyl (C=O) groups is 2. The third kappa shape index (κ3) is 3.88. The molecule has 2 rings (SSSR count). The molecular formula is C16H21N3O5S. The highest BCUT2D eigenvalue weighted by Gasteiger charge is 2.25. The van der Waals surface area contributed by atoms with Crippen molar-refractivity contribution < 1.29 is 24.2 Å². The van der Waals surface area contributed by atoms with Crippen molar-refractivity contribution in [2.75, 3.05) is 27.8 Å². The van der Waals surface area contributed by atoms with Gasteiger partial charge in [-0.1, -0.05) is 6.92 Å². The van der Waals surface area contributed by atoms with Gasteiger partial charge in [0.15, 0.2) is 5.82 Å². The van der Waals surface area contributed by atoms with Crippen LogP contribution in [0.2, 0.25) is 0 Å². The molecular weight excluding hydrogens is 346 g/mol. The number of methoxy groups -OCH3 is 2. The van der Waals surface area contributed by atoms with Gasteiger partial charge in [-0.3, -0.25) is 9.59 Å². The molecule has 0 aliphatic heterocycles. The lowest BCUT2D eigenvalue weighted by Gasteiger charge is -2.19. The number of aromatic nitrogens is 2. The first-order valence-corrected chi connectivity index (χ1v) is 8.43. The summed E-state index contributed by atoms with van der Waals surface area (Å²) in [6, 6.07) is 0. The van der Waals surface area contributed by atoms with Crippen LogP contribution in [0.15, 0.2) is 0 Å². The summed E-state index contributed by atoms with van der Waals surface area (Å²) in [7, 11) is 4.65. The predicted octanol–water partition coefficient (Wildman–Crippen LogP) is 1.95. The molecule has 1 N–H and O–H groups in total. The topological polar surface area (TPSA) is 102 Å². The monoisotopic (exact) mass is 367 g/mol. The van der Waals surface area contributed by atoms with E-state index in [-0.39, 0.29) is 19.1 Å². The summed E-state index contributed by atoms with van der Waals surface area (Å²) in [4.78, 5) is 35.0. The van der Waals surface area contributed by atoms with Crippen molar-refractivity contribution in [2.45, 2.75) is 20.5 Å². The van der Waals surface area contributed by atoms with Crippen molar-refractivity contribution in [3.63, 3.8) is 0 Å². The van der Waals surface area contributed by atoms with Crippen LogP contribution in [0, 0.1) is 12.8 Å². The molecule has 1 unspecified atom stereocenters. The highest BCUT2D eigenvalue weighted by Crippen LogP contribution is 2.35. The van der Waals surface area contributed by atoms with Gasteiger partial charge in [0.05, 0.1) is 23.3 Å². The van der Waals surface area contributed by atoms with E-state index in [0.717, 1.165) is 5.56 Å². The molecule has 9 heteroatoms. The van der Waals surface area contributed by atoms with Crippen LogP contribution in [0.4, 0.5) is 0 Å². The van der Waals surface area contributed by atoms with E-state index in [1.165, 1.54) is 23.3 Å². The number of thiophene rings is 1. The van der Waals surface area contributed by atoms with E-state index in [4.69, 9.17) is 14.6 Å². The van der Waals surface area contributed by atoms with Crippen molar-refractivity contribution in [1.82, 2.24) is 14.9 Å². The highest BCUT2D eigenvalue weighted by atomic mass is 32.1. The van der Waals surface area contributed by atoms with Crippen LogP contribution in [0.5, 0.6) is 5.88 Å². The fourth-order valence-electron chi connectivity index (χ4n) is 2.43. The summed E-state index contributed by atoms with van der Waals surface area (Å²) in [6.07, 6.45) is 0. The average Bonchev–Trinajstić information content (AvgIpc) is 2.90. The normalized spacial score (nSPS) is 12.2. The van der Waals surface area contributed by atoms with E-state index in [1.807, 2.05) is 6.92 Å². The number of carboxylic acids is 1. The largest absolute Gasteiger partial charge is 0.481 e. The minimum atomic E-state index is -0.940. The van der Waals surface area contributed by atoms with Gasteiger partial charge in [-0.05, 0) is 12.5 Å². The number of carbonyl (C=O) groups excluding carboxylic acids is 1. The molecule has 1 atom stereocenters. The molecule has 0 radical (unpaired) electrons. The number of ether oxygens (including phenoxy) is 2. The van der Waals surface area contributed by atoms with Crippen LogP contribution in [0.1, 0.15) is 28.0 Å². The Balaban J connectivity index is 2.43. The average molecular weight is 367 g/mol. The molecule has 2 aromatic rings. The standard InChI is InChI=1S/C16H21N3O5S/c1-8(16(21)22)6-19(3)15(20)12-9(2)11-13(24-5)17-10(7-23-4)18-14(11)25-12/h8H,6-7H2,1-5H3,(H,21,22). The number of aryl methyl sites for hydroxylation is 1. The molecule has 0 saturated carbocycles. The van der Waals surface area contributed by atoms with Gasteiger partial charge in [0.25, 0.3) is 5.91 Å². The minimum Gasteiger partial charge on any atom is -0.481 e. The predicted molar refractivity (Wildman–Crippen MR) is 93.2 cm³/mol. The molecule has 0 saturated heterocycles. The van der Waals surface area contributed by atoms with E-state index in [0.29, 0.717) is 26.8 Å². The Bertz CT molecular complexity index is 805. The Hall–Kier alpha value is -2.26. The number of aliphatic carboxylic acids is 1. The van der Waals surface area contributed by atoms with Crippen LogP contribution in [0.25, 0.3) is 10.2 Å². The number of hydrogen-bond donors (Lipinski definition) is 1. The van der Waals surface area contributed by atoms with Gasteiger partial charge in [0.2, 0.25) is 5.88 Å². The molecule has 0 aliphatic carbocycles. The fourth-order valence-corrected chi connectivity index (χ4v) is 3.62. The van der Waals surface area contributed by atoms with Gasteiger partial charge >= 0.3 is 5.97 Å². The fraction of sp³-hybridized carbons (Fsp3) is 0.500. The number of fused-ring (bicyclic) bond motifs is 1. The molecule has 0 fully saturated rings. The number of hydrogen-bond acceptors (Lipinski definition) is 7. The second-order valence-electron chi connectivity index (χ2n) is 5.74. The lowest BCUT2D eigenvalue weighted by Crippen LogP contribution is -2.33. The minimum absolute atomic E-state index is 0.125. The Morgan fingerprint density at radius 3 is 2.56 bits per heavy atom. The molecule has 0 aromatic carbocycles. The van der Waals surface area contributed by atoms with Crippen molar-refractivity contribution >= 4 is 33.4 Å². The number of carboxylic acid groups (broad SMARTS) is 1. The smallest absolute Gasteiger partial charge is 0.308 e. The van der Waals surface area contributed by atoms with Crippen molar-refractivity contribution in [1.29, 1.82) is 0 Å². The van der Waals surface area contributed by atoms with E-state index in [1.54, 1.807) is 21.1 Å². The van der Waals surface area contributed by atoms with Crippen molar-refractivity contribution in [2.24, 2.45) is 5.92 Å². The maximum Gasteiger partial charge on any atom is 0.308 e. The lowest BCUT2D eigenvalue weighted by molar-refractivity contribution is -0.141. The number of nitrogens with zero attached hydrogens (tertiary/aromatic N) is 3. The second-order valence-corrected chi connectivity index (χ2v) is 6.74. The summed E-state index contributed by atoms with van der Waals surface area (Å²) < 4.78 is 10.4. The van der Waals surface area contributed by atoms with E-state index in [9.17, 15) is 9.59 Å². The number of rotatable bonds is 7. The van der Waals surface area contributed by atoms with E-state index in [2.05, 4.69) is 9.97 Å². The second kappa shape index (κ2) is 7.75. The molecule has 1 amide bonds. The molecule has 2 aromatic heterocycles. The van der Waals surface area contributed by atoms with Crippen LogP contribution in [0.3, 0.4) is 0 Å². The van der Waals surface area contributed by atoms with Crippen molar-refractivity contribution in [3.05, 3.63) is 16.3 Å². The van der Waals surface area contributed by atoms with Gasteiger partial charge in [-0.25, -0.2) is 4.98 Å². The zero-order valence-electron chi connectivity index (χ0n) is 14.8. The first kappa shape index (κ1) is 19.1. The Kier molecular flexibility index (Phi) is 5.91.